The van der Waals surface area contributed by atoms with E-state index < -0.39 is 0 Å². The first kappa shape index (κ1) is 13.9. The summed E-state index contributed by atoms with van der Waals surface area (Å²) in [7, 11) is 1.49. The maximum atomic E-state index is 12.0. The van der Waals surface area contributed by atoms with Gasteiger partial charge in [0.2, 0.25) is 5.88 Å². The summed E-state index contributed by atoms with van der Waals surface area (Å²) in [6.45, 7) is 5.91. The monoisotopic (exact) mass is 276 g/mol. The molecule has 1 amide bonds. The van der Waals surface area contributed by atoms with Crippen LogP contribution in [0, 0.1) is 0 Å². The van der Waals surface area contributed by atoms with Gasteiger partial charge in [-0.05, 0) is 26.8 Å². The van der Waals surface area contributed by atoms with E-state index in [9.17, 15) is 4.79 Å². The van der Waals surface area contributed by atoms with Gasteiger partial charge in [-0.2, -0.15) is 0 Å². The Kier molecular flexibility index (Phi) is 3.64. The molecule has 0 saturated carbocycles. The van der Waals surface area contributed by atoms with Crippen molar-refractivity contribution >= 4 is 11.7 Å². The van der Waals surface area contributed by atoms with Crippen LogP contribution in [0.3, 0.4) is 0 Å². The molecule has 20 heavy (non-hydrogen) atoms. The molecule has 0 spiro atoms. The molecule has 0 aromatic carbocycles. The lowest BCUT2D eigenvalue weighted by molar-refractivity contribution is 0.102. The number of nitrogens with zero attached hydrogens (tertiary/aromatic N) is 5. The number of carbonyl (C=O) groups excluding carboxylic acids is 1. The average Bonchev–Trinajstić information content (AvgIpc) is 2.89. The van der Waals surface area contributed by atoms with Gasteiger partial charge >= 0.3 is 0 Å². The van der Waals surface area contributed by atoms with Gasteiger partial charge in [-0.25, -0.2) is 4.68 Å². The van der Waals surface area contributed by atoms with Crippen molar-refractivity contribution in [1.29, 1.82) is 0 Å². The van der Waals surface area contributed by atoms with E-state index in [1.54, 1.807) is 23.0 Å². The Balaban J connectivity index is 2.09. The molecule has 2 aromatic rings. The Morgan fingerprint density at radius 2 is 2.00 bits per heavy atom. The van der Waals surface area contributed by atoms with Gasteiger partial charge in [0.25, 0.3) is 5.91 Å². The second-order valence-electron chi connectivity index (χ2n) is 5.13. The van der Waals surface area contributed by atoms with E-state index in [2.05, 4.69) is 25.8 Å². The van der Waals surface area contributed by atoms with Crippen LogP contribution >= 0.6 is 0 Å². The molecule has 8 nitrogen and oxygen atoms in total. The zero-order valence-electron chi connectivity index (χ0n) is 11.8. The zero-order valence-corrected chi connectivity index (χ0v) is 11.8. The van der Waals surface area contributed by atoms with Crippen molar-refractivity contribution in [2.75, 3.05) is 12.4 Å². The van der Waals surface area contributed by atoms with Gasteiger partial charge in [-0.15, -0.1) is 15.3 Å². The molecule has 0 aliphatic heterocycles. The fourth-order valence-corrected chi connectivity index (χ4v) is 1.37. The summed E-state index contributed by atoms with van der Waals surface area (Å²) in [6, 6.07) is 3.20. The summed E-state index contributed by atoms with van der Waals surface area (Å²) in [5, 5.41) is 17.9. The number of anilines is 1. The van der Waals surface area contributed by atoms with Crippen molar-refractivity contribution < 1.29 is 9.53 Å². The van der Waals surface area contributed by atoms with Gasteiger partial charge in [-0.1, -0.05) is 5.21 Å². The van der Waals surface area contributed by atoms with Crippen molar-refractivity contribution in [2.45, 2.75) is 26.3 Å². The number of nitrogens with one attached hydrogen (secondary N) is 1. The van der Waals surface area contributed by atoms with Crippen LogP contribution in [0.2, 0.25) is 0 Å². The molecule has 106 valence electrons. The number of rotatable bonds is 3. The third-order valence-electron chi connectivity index (χ3n) is 2.50. The molecular formula is C12H16N6O2. The van der Waals surface area contributed by atoms with Crippen molar-refractivity contribution in [3.63, 3.8) is 0 Å². The summed E-state index contributed by atoms with van der Waals surface area (Å²) >= 11 is 0. The summed E-state index contributed by atoms with van der Waals surface area (Å²) in [5.74, 6) is 0.308. The molecule has 0 fully saturated rings. The maximum absolute atomic E-state index is 12.0. The highest BCUT2D eigenvalue weighted by Gasteiger charge is 2.18. The first-order valence-corrected chi connectivity index (χ1v) is 6.02. The van der Waals surface area contributed by atoms with Crippen LogP contribution in [0.5, 0.6) is 5.88 Å². The quantitative estimate of drug-likeness (QED) is 0.901. The minimum absolute atomic E-state index is 0.220. The second-order valence-corrected chi connectivity index (χ2v) is 5.13. The smallest absolute Gasteiger partial charge is 0.279 e. The lowest BCUT2D eigenvalue weighted by Gasteiger charge is -2.17. The largest absolute Gasteiger partial charge is 0.480 e. The molecule has 1 N–H and O–H groups in total. The Hall–Kier alpha value is -2.51. The molecule has 0 saturated heterocycles. The molecule has 0 aliphatic rings. The molecule has 8 heteroatoms. The SMILES string of the molecule is COc1ccc(NC(=O)c2cn(C(C)(C)C)nn2)nn1. The molecule has 2 heterocycles. The van der Waals surface area contributed by atoms with Crippen LogP contribution in [-0.2, 0) is 5.54 Å². The molecule has 0 atom stereocenters. The van der Waals surface area contributed by atoms with Gasteiger partial charge in [0.15, 0.2) is 11.5 Å². The fraction of sp³-hybridized carbons (Fsp3) is 0.417. The molecule has 0 unspecified atom stereocenters. The van der Waals surface area contributed by atoms with E-state index in [0.717, 1.165) is 0 Å². The van der Waals surface area contributed by atoms with Crippen LogP contribution in [0.1, 0.15) is 31.3 Å². The van der Waals surface area contributed by atoms with Crippen LogP contribution in [0.4, 0.5) is 5.82 Å². The Morgan fingerprint density at radius 1 is 1.25 bits per heavy atom. The highest BCUT2D eigenvalue weighted by Crippen LogP contribution is 2.13. The number of amides is 1. The first-order chi connectivity index (χ1) is 9.40. The van der Waals surface area contributed by atoms with Crippen LogP contribution in [-0.4, -0.2) is 38.2 Å². The topological polar surface area (TPSA) is 94.8 Å². The van der Waals surface area contributed by atoms with Gasteiger partial charge < -0.3 is 10.1 Å². The third kappa shape index (κ3) is 3.08. The van der Waals surface area contributed by atoms with Crippen molar-refractivity contribution in [3.8, 4) is 5.88 Å². The molecule has 0 radical (unpaired) electrons. The highest BCUT2D eigenvalue weighted by molar-refractivity contribution is 6.01. The van der Waals surface area contributed by atoms with E-state index in [0.29, 0.717) is 11.7 Å². The Morgan fingerprint density at radius 3 is 2.50 bits per heavy atom. The standard InChI is InChI=1S/C12H16N6O2/c1-12(2,3)18-7-8(14-17-18)11(19)13-9-5-6-10(20-4)16-15-9/h5-7H,1-4H3,(H,13,15,19). The minimum Gasteiger partial charge on any atom is -0.480 e. The van der Waals surface area contributed by atoms with Crippen molar-refractivity contribution in [2.24, 2.45) is 0 Å². The lowest BCUT2D eigenvalue weighted by Crippen LogP contribution is -2.22. The maximum Gasteiger partial charge on any atom is 0.279 e. The summed E-state index contributed by atoms with van der Waals surface area (Å²) in [5.41, 5.74) is -0.0108. The number of ether oxygens (including phenoxy) is 1. The normalized spacial score (nSPS) is 11.2. The predicted octanol–water partition coefficient (Wildman–Crippen LogP) is 1.08. The van der Waals surface area contributed by atoms with Crippen molar-refractivity contribution in [1.82, 2.24) is 25.2 Å². The van der Waals surface area contributed by atoms with Gasteiger partial charge in [-0.3, -0.25) is 4.79 Å². The fourth-order valence-electron chi connectivity index (χ4n) is 1.37. The first-order valence-electron chi connectivity index (χ1n) is 6.02. The summed E-state index contributed by atoms with van der Waals surface area (Å²) < 4.78 is 6.51. The number of methoxy groups -OCH3 is 1. The van der Waals surface area contributed by atoms with Gasteiger partial charge in [0.1, 0.15) is 0 Å². The van der Waals surface area contributed by atoms with Crippen molar-refractivity contribution in [3.05, 3.63) is 24.0 Å². The summed E-state index contributed by atoms with van der Waals surface area (Å²) in [6.07, 6.45) is 1.59. The Bertz CT molecular complexity index is 599. The third-order valence-corrected chi connectivity index (χ3v) is 2.50. The Labute approximate surface area is 116 Å². The highest BCUT2D eigenvalue weighted by atomic mass is 16.5. The van der Waals surface area contributed by atoms with Gasteiger partial charge in [0.05, 0.1) is 18.8 Å². The van der Waals surface area contributed by atoms with Crippen LogP contribution in [0.15, 0.2) is 18.3 Å². The minimum atomic E-state index is -0.389. The average molecular weight is 276 g/mol. The van der Waals surface area contributed by atoms with E-state index in [-0.39, 0.29) is 17.1 Å². The molecule has 0 bridgehead atoms. The number of aromatic nitrogens is 5. The van der Waals surface area contributed by atoms with Crippen LogP contribution < -0.4 is 10.1 Å². The summed E-state index contributed by atoms with van der Waals surface area (Å²) in [4.78, 5) is 12.0. The molecule has 0 aliphatic carbocycles. The lowest BCUT2D eigenvalue weighted by atomic mass is 10.1. The zero-order chi connectivity index (χ0) is 14.8. The van der Waals surface area contributed by atoms with E-state index in [1.807, 2.05) is 20.8 Å². The van der Waals surface area contributed by atoms with E-state index in [4.69, 9.17) is 4.74 Å². The molecule has 2 aromatic heterocycles. The number of carbonyl (C=O) groups is 1. The van der Waals surface area contributed by atoms with E-state index >= 15 is 0 Å². The van der Waals surface area contributed by atoms with E-state index in [1.165, 1.54) is 7.11 Å². The number of hydrogen-bond acceptors (Lipinski definition) is 6. The molecule has 2 rings (SSSR count). The molecular weight excluding hydrogens is 260 g/mol. The van der Waals surface area contributed by atoms with Crippen LogP contribution in [0.25, 0.3) is 0 Å². The predicted molar refractivity (Wildman–Crippen MR) is 71.6 cm³/mol. The second kappa shape index (κ2) is 5.24. The van der Waals surface area contributed by atoms with Gasteiger partial charge in [0, 0.05) is 6.07 Å². The number of hydrogen-bond donors (Lipinski definition) is 1.